The number of aromatic carboxylic acids is 1. The highest BCUT2D eigenvalue weighted by atomic mass is 79.9. The van der Waals surface area contributed by atoms with E-state index in [1.54, 1.807) is 23.2 Å². The van der Waals surface area contributed by atoms with Gasteiger partial charge in [-0.25, -0.2) is 23.8 Å². The molecule has 0 bridgehead atoms. The summed E-state index contributed by atoms with van der Waals surface area (Å²) in [5.41, 5.74) is 2.03. The SMILES string of the molecule is Br.COC(=O)C1=C(CN2CCN3C(=O)N(c4ccc(C(=O)O)cc4)C[C@@H]3C2)NC(c2nccs2)=N[C@H]1c1ccc(F)cc1Cl. The maximum Gasteiger partial charge on any atom is 0.338 e. The second kappa shape index (κ2) is 13.0. The van der Waals surface area contributed by atoms with Crippen LogP contribution in [0, 0.1) is 5.82 Å². The van der Waals surface area contributed by atoms with Gasteiger partial charge in [0.25, 0.3) is 0 Å². The van der Waals surface area contributed by atoms with E-state index in [0.29, 0.717) is 60.5 Å². The monoisotopic (exact) mass is 704 g/mol. The van der Waals surface area contributed by atoms with Gasteiger partial charge in [0.2, 0.25) is 0 Å². The molecule has 3 aromatic rings. The van der Waals surface area contributed by atoms with E-state index in [1.807, 2.05) is 10.3 Å². The molecule has 3 aliphatic heterocycles. The molecule has 2 amide bonds. The van der Waals surface area contributed by atoms with Crippen molar-refractivity contribution in [3.63, 3.8) is 0 Å². The highest BCUT2D eigenvalue weighted by Crippen LogP contribution is 2.37. The number of aromatic nitrogens is 1. The summed E-state index contributed by atoms with van der Waals surface area (Å²) in [5, 5.41) is 15.1. The van der Waals surface area contributed by atoms with Crippen molar-refractivity contribution in [1.29, 1.82) is 0 Å². The van der Waals surface area contributed by atoms with Crippen LogP contribution in [0.2, 0.25) is 5.02 Å². The van der Waals surface area contributed by atoms with Gasteiger partial charge in [-0.15, -0.1) is 28.3 Å². The van der Waals surface area contributed by atoms with Gasteiger partial charge in [-0.2, -0.15) is 0 Å². The largest absolute Gasteiger partial charge is 0.478 e. The lowest BCUT2D eigenvalue weighted by molar-refractivity contribution is -0.136. The lowest BCUT2D eigenvalue weighted by Crippen LogP contribution is -2.53. The fourth-order valence-electron chi connectivity index (χ4n) is 5.61. The minimum Gasteiger partial charge on any atom is -0.478 e. The number of carboxylic acid groups (broad SMARTS) is 1. The lowest BCUT2D eigenvalue weighted by atomic mass is 9.95. The molecule has 2 fully saturated rings. The molecular formula is C29H27BrClFN6O5S. The number of piperazine rings is 1. The van der Waals surface area contributed by atoms with Gasteiger partial charge in [-0.1, -0.05) is 17.7 Å². The second-order valence-corrected chi connectivity index (χ2v) is 11.5. The van der Waals surface area contributed by atoms with Crippen LogP contribution in [0.3, 0.4) is 0 Å². The Bertz CT molecular complexity index is 1650. The van der Waals surface area contributed by atoms with E-state index in [4.69, 9.17) is 21.3 Å². The fourth-order valence-corrected chi connectivity index (χ4v) is 6.47. The Labute approximate surface area is 271 Å². The molecule has 3 aliphatic rings. The van der Waals surface area contributed by atoms with Gasteiger partial charge < -0.3 is 20.1 Å². The van der Waals surface area contributed by atoms with Crippen LogP contribution >= 0.6 is 39.9 Å². The first kappa shape index (κ1) is 31.6. The summed E-state index contributed by atoms with van der Waals surface area (Å²) in [6.45, 7) is 2.28. The summed E-state index contributed by atoms with van der Waals surface area (Å²) in [6, 6.07) is 9.07. The minimum atomic E-state index is -1.03. The van der Waals surface area contributed by atoms with E-state index in [-0.39, 0.29) is 45.2 Å². The van der Waals surface area contributed by atoms with Crippen LogP contribution in [0.4, 0.5) is 14.9 Å². The summed E-state index contributed by atoms with van der Waals surface area (Å²) in [5.74, 6) is -1.68. The van der Waals surface area contributed by atoms with E-state index < -0.39 is 23.8 Å². The Morgan fingerprint density at radius 3 is 2.61 bits per heavy atom. The van der Waals surface area contributed by atoms with Crippen molar-refractivity contribution in [3.8, 4) is 0 Å². The maximum absolute atomic E-state index is 13.9. The van der Waals surface area contributed by atoms with Gasteiger partial charge in [-0.05, 0) is 36.4 Å². The second-order valence-electron chi connectivity index (χ2n) is 10.2. The van der Waals surface area contributed by atoms with Crippen molar-refractivity contribution in [3.05, 3.63) is 92.3 Å². The molecule has 2 N–H and O–H groups in total. The zero-order chi connectivity index (χ0) is 30.2. The van der Waals surface area contributed by atoms with E-state index >= 15 is 0 Å². The number of carboxylic acids is 1. The molecule has 6 rings (SSSR count). The number of ether oxygens (including phenoxy) is 1. The van der Waals surface area contributed by atoms with Gasteiger partial charge >= 0.3 is 18.0 Å². The molecule has 44 heavy (non-hydrogen) atoms. The molecule has 15 heteroatoms. The van der Waals surface area contributed by atoms with Crippen molar-refractivity contribution in [1.82, 2.24) is 20.1 Å². The summed E-state index contributed by atoms with van der Waals surface area (Å²) in [4.78, 5) is 52.5. The molecule has 0 aliphatic carbocycles. The zero-order valence-corrected chi connectivity index (χ0v) is 26.6. The molecule has 11 nitrogen and oxygen atoms in total. The first-order valence-corrected chi connectivity index (χ1v) is 14.6. The number of nitrogens with one attached hydrogen (secondary N) is 1. The van der Waals surface area contributed by atoms with Crippen molar-refractivity contribution >= 4 is 69.4 Å². The predicted octanol–water partition coefficient (Wildman–Crippen LogP) is 4.36. The Morgan fingerprint density at radius 1 is 1.18 bits per heavy atom. The average molecular weight is 706 g/mol. The number of amidine groups is 1. The first-order chi connectivity index (χ1) is 20.7. The smallest absolute Gasteiger partial charge is 0.338 e. The molecule has 1 aromatic heterocycles. The third-order valence-corrected chi connectivity index (χ3v) is 8.77. The van der Waals surface area contributed by atoms with Gasteiger partial charge in [0, 0.05) is 66.3 Å². The third kappa shape index (κ3) is 6.07. The average Bonchev–Trinajstić information content (AvgIpc) is 3.65. The molecule has 0 radical (unpaired) electrons. The first-order valence-electron chi connectivity index (χ1n) is 13.4. The number of fused-ring (bicyclic) bond motifs is 1. The highest BCUT2D eigenvalue weighted by molar-refractivity contribution is 8.93. The normalized spacial score (nSPS) is 20.1. The van der Waals surface area contributed by atoms with Crippen LogP contribution in [-0.4, -0.2) is 89.6 Å². The Balaban J connectivity index is 0.00000384. The number of amides is 2. The number of rotatable bonds is 7. The summed E-state index contributed by atoms with van der Waals surface area (Å²) in [7, 11) is 1.29. The number of carbonyl (C=O) groups excluding carboxylic acids is 2. The van der Waals surface area contributed by atoms with Crippen LogP contribution < -0.4 is 10.2 Å². The van der Waals surface area contributed by atoms with Crippen molar-refractivity contribution in [2.24, 2.45) is 4.99 Å². The lowest BCUT2D eigenvalue weighted by Gasteiger charge is -2.38. The van der Waals surface area contributed by atoms with Crippen molar-refractivity contribution in [2.75, 3.05) is 44.7 Å². The number of hydrogen-bond acceptors (Lipinski definition) is 9. The van der Waals surface area contributed by atoms with Crippen LogP contribution in [0.1, 0.15) is 27.0 Å². The van der Waals surface area contributed by atoms with Crippen LogP contribution in [-0.2, 0) is 9.53 Å². The number of esters is 1. The Kier molecular flexibility index (Phi) is 9.34. The molecule has 4 heterocycles. The molecule has 2 aromatic carbocycles. The molecule has 2 atom stereocenters. The Morgan fingerprint density at radius 2 is 1.95 bits per heavy atom. The Hall–Kier alpha value is -3.85. The van der Waals surface area contributed by atoms with E-state index in [2.05, 4.69) is 15.2 Å². The maximum atomic E-state index is 13.9. The van der Waals surface area contributed by atoms with E-state index in [1.165, 1.54) is 48.8 Å². The molecule has 0 unspecified atom stereocenters. The van der Waals surface area contributed by atoms with Gasteiger partial charge in [0.1, 0.15) is 11.9 Å². The summed E-state index contributed by atoms with van der Waals surface area (Å²) >= 11 is 7.83. The minimum absolute atomic E-state index is 0. The number of urea groups is 1. The molecule has 230 valence electrons. The highest BCUT2D eigenvalue weighted by Gasteiger charge is 2.42. The summed E-state index contributed by atoms with van der Waals surface area (Å²) < 4.78 is 19.1. The number of methoxy groups -OCH3 is 1. The summed E-state index contributed by atoms with van der Waals surface area (Å²) in [6.07, 6.45) is 1.65. The third-order valence-electron chi connectivity index (χ3n) is 7.67. The zero-order valence-electron chi connectivity index (χ0n) is 23.3. The number of hydrogen-bond donors (Lipinski definition) is 2. The number of carbonyl (C=O) groups is 3. The number of halogens is 3. The molecule has 2 saturated heterocycles. The number of anilines is 1. The van der Waals surface area contributed by atoms with Gasteiger partial charge in [0.05, 0.1) is 24.3 Å². The topological polar surface area (TPSA) is 128 Å². The number of benzene rings is 2. The van der Waals surface area contributed by atoms with Crippen molar-refractivity contribution < 1.29 is 28.6 Å². The standard InChI is InChI=1S/C29H26ClFN6O5S.BrH/c1-42-28(40)23-22(33-25(26-32-8-11-43-26)34-24(23)20-7-4-17(31)12-21(20)30)15-35-9-10-36-19(13-35)14-37(29(36)41)18-5-2-16(3-6-18)27(38)39;/h2-8,11-12,19,24H,9-10,13-15H2,1H3,(H,33,34)(H,38,39);1H/t19-,24-;/m0./s1. The molecule has 0 saturated carbocycles. The quantitative estimate of drug-likeness (QED) is 0.348. The van der Waals surface area contributed by atoms with Crippen molar-refractivity contribution in [2.45, 2.75) is 12.1 Å². The van der Waals surface area contributed by atoms with Gasteiger partial charge in [-0.3, -0.25) is 14.8 Å². The fraction of sp³-hybridized carbons (Fsp3) is 0.276. The van der Waals surface area contributed by atoms with Crippen LogP contribution in [0.25, 0.3) is 0 Å². The number of nitrogens with zero attached hydrogens (tertiary/aromatic N) is 5. The van der Waals surface area contributed by atoms with Gasteiger partial charge in [0.15, 0.2) is 10.8 Å². The van der Waals surface area contributed by atoms with Crippen LogP contribution in [0.15, 0.2) is 70.3 Å². The van der Waals surface area contributed by atoms with Crippen LogP contribution in [0.5, 0.6) is 0 Å². The molecular weight excluding hydrogens is 679 g/mol. The number of thiazole rings is 1. The van der Waals surface area contributed by atoms with E-state index in [0.717, 1.165) is 0 Å². The van der Waals surface area contributed by atoms with E-state index in [9.17, 15) is 23.9 Å². The predicted molar refractivity (Wildman–Crippen MR) is 168 cm³/mol. The molecule has 0 spiro atoms. The number of aliphatic imine (C=N–C) groups is 1.